The predicted octanol–water partition coefficient (Wildman–Crippen LogP) is 2.08. The molecular formula is C11H13ClO4. The first-order chi connectivity index (χ1) is 7.69. The molecule has 0 radical (unpaired) electrons. The van der Waals surface area contributed by atoms with Crippen molar-refractivity contribution >= 4 is 17.6 Å². The van der Waals surface area contributed by atoms with E-state index in [0.29, 0.717) is 11.3 Å². The van der Waals surface area contributed by atoms with Crippen LogP contribution in [-0.4, -0.2) is 30.7 Å². The van der Waals surface area contributed by atoms with Crippen LogP contribution in [0.3, 0.4) is 0 Å². The lowest BCUT2D eigenvalue weighted by molar-refractivity contribution is -0.150. The fourth-order valence-electron chi connectivity index (χ4n) is 1.28. The number of alkyl halides is 1. The summed E-state index contributed by atoms with van der Waals surface area (Å²) in [5.74, 6) is -0.190. The van der Waals surface area contributed by atoms with Crippen molar-refractivity contribution in [2.75, 3.05) is 19.6 Å². The molecule has 0 aromatic heterocycles. The van der Waals surface area contributed by atoms with Gasteiger partial charge in [0.1, 0.15) is 5.75 Å². The molecule has 0 bridgehead atoms. The third kappa shape index (κ3) is 3.40. The van der Waals surface area contributed by atoms with E-state index in [1.807, 2.05) is 0 Å². The lowest BCUT2D eigenvalue weighted by Gasteiger charge is -2.13. The molecular weight excluding hydrogens is 232 g/mol. The van der Waals surface area contributed by atoms with Crippen LogP contribution in [0.25, 0.3) is 0 Å². The van der Waals surface area contributed by atoms with Crippen LogP contribution in [0.5, 0.6) is 5.75 Å². The van der Waals surface area contributed by atoms with Crippen LogP contribution in [0.15, 0.2) is 24.3 Å². The van der Waals surface area contributed by atoms with Gasteiger partial charge in [-0.2, -0.15) is 0 Å². The molecule has 0 aliphatic rings. The van der Waals surface area contributed by atoms with Gasteiger partial charge in [-0.15, -0.1) is 11.6 Å². The van der Waals surface area contributed by atoms with Gasteiger partial charge in [-0.05, 0) is 17.7 Å². The van der Waals surface area contributed by atoms with Gasteiger partial charge in [-0.1, -0.05) is 12.1 Å². The third-order valence-corrected chi connectivity index (χ3v) is 2.14. The summed E-state index contributed by atoms with van der Waals surface area (Å²) in [5, 5.41) is 9.01. The Morgan fingerprint density at radius 1 is 1.56 bits per heavy atom. The Hall–Kier alpha value is -1.26. The van der Waals surface area contributed by atoms with E-state index >= 15 is 0 Å². The summed E-state index contributed by atoms with van der Waals surface area (Å²) in [7, 11) is 1.52. The van der Waals surface area contributed by atoms with Gasteiger partial charge in [-0.25, -0.2) is 4.79 Å². The van der Waals surface area contributed by atoms with Crippen LogP contribution in [-0.2, 0) is 9.53 Å². The average Bonchev–Trinajstić information content (AvgIpc) is 2.29. The number of carboxylic acids is 1. The minimum Gasteiger partial charge on any atom is -0.497 e. The van der Waals surface area contributed by atoms with E-state index in [1.54, 1.807) is 24.3 Å². The summed E-state index contributed by atoms with van der Waals surface area (Å²) >= 11 is 5.45. The maximum Gasteiger partial charge on any atom is 0.337 e. The first-order valence-electron chi connectivity index (χ1n) is 4.73. The molecule has 1 unspecified atom stereocenters. The van der Waals surface area contributed by atoms with Crippen molar-refractivity contribution in [1.29, 1.82) is 0 Å². The lowest BCUT2D eigenvalue weighted by Crippen LogP contribution is -2.16. The van der Waals surface area contributed by atoms with E-state index < -0.39 is 12.1 Å². The minimum absolute atomic E-state index is 0.190. The molecule has 1 atom stereocenters. The van der Waals surface area contributed by atoms with E-state index in [2.05, 4.69) is 0 Å². The van der Waals surface area contributed by atoms with E-state index in [-0.39, 0.29) is 12.5 Å². The highest BCUT2D eigenvalue weighted by Crippen LogP contribution is 2.22. The van der Waals surface area contributed by atoms with Crippen LogP contribution in [0, 0.1) is 0 Å². The maximum atomic E-state index is 11.0. The van der Waals surface area contributed by atoms with Gasteiger partial charge in [0, 0.05) is 5.88 Å². The van der Waals surface area contributed by atoms with Crippen LogP contribution < -0.4 is 4.74 Å². The zero-order chi connectivity index (χ0) is 12.0. The molecule has 1 rings (SSSR count). The molecule has 0 saturated heterocycles. The lowest BCUT2D eigenvalue weighted by atomic mass is 10.1. The van der Waals surface area contributed by atoms with Crippen molar-refractivity contribution in [2.45, 2.75) is 6.10 Å². The summed E-state index contributed by atoms with van der Waals surface area (Å²) in [6.45, 7) is 0.190. The van der Waals surface area contributed by atoms with Crippen molar-refractivity contribution in [3.63, 3.8) is 0 Å². The molecule has 0 aliphatic heterocycles. The Morgan fingerprint density at radius 3 is 2.88 bits per heavy atom. The van der Waals surface area contributed by atoms with Crippen molar-refractivity contribution in [3.05, 3.63) is 29.8 Å². The maximum absolute atomic E-state index is 11.0. The molecule has 16 heavy (non-hydrogen) atoms. The summed E-state index contributed by atoms with van der Waals surface area (Å²) in [6.07, 6.45) is -1.01. The number of benzene rings is 1. The molecule has 1 aromatic carbocycles. The monoisotopic (exact) mass is 244 g/mol. The van der Waals surface area contributed by atoms with E-state index in [1.165, 1.54) is 7.11 Å². The van der Waals surface area contributed by atoms with Gasteiger partial charge >= 0.3 is 5.97 Å². The topological polar surface area (TPSA) is 55.8 Å². The van der Waals surface area contributed by atoms with Crippen molar-refractivity contribution < 1.29 is 19.4 Å². The molecule has 0 aliphatic carbocycles. The fraction of sp³-hybridized carbons (Fsp3) is 0.364. The fourth-order valence-corrected chi connectivity index (χ4v) is 1.37. The zero-order valence-corrected chi connectivity index (χ0v) is 9.61. The Labute approximate surface area is 98.7 Å². The summed E-state index contributed by atoms with van der Waals surface area (Å²) < 4.78 is 10.2. The smallest absolute Gasteiger partial charge is 0.337 e. The molecule has 1 aromatic rings. The van der Waals surface area contributed by atoms with Crippen LogP contribution in [0.2, 0.25) is 0 Å². The van der Waals surface area contributed by atoms with Gasteiger partial charge in [-0.3, -0.25) is 0 Å². The van der Waals surface area contributed by atoms with Gasteiger partial charge in [0.25, 0.3) is 0 Å². The van der Waals surface area contributed by atoms with Crippen molar-refractivity contribution in [3.8, 4) is 5.75 Å². The van der Waals surface area contributed by atoms with E-state index in [9.17, 15) is 4.79 Å². The number of hydrogen-bond acceptors (Lipinski definition) is 3. The molecule has 0 amide bonds. The second-order valence-corrected chi connectivity index (χ2v) is 3.43. The SMILES string of the molecule is COc1cccc(C(OCCCl)C(=O)O)c1. The van der Waals surface area contributed by atoms with E-state index in [0.717, 1.165) is 0 Å². The summed E-state index contributed by atoms with van der Waals surface area (Å²) in [6, 6.07) is 6.76. The quantitative estimate of drug-likeness (QED) is 0.779. The molecule has 0 saturated carbocycles. The average molecular weight is 245 g/mol. The predicted molar refractivity (Wildman–Crippen MR) is 60.0 cm³/mol. The highest BCUT2D eigenvalue weighted by Gasteiger charge is 2.20. The standard InChI is InChI=1S/C11H13ClO4/c1-15-9-4-2-3-8(7-9)10(11(13)14)16-6-5-12/h2-4,7,10H,5-6H2,1H3,(H,13,14). The number of aliphatic carboxylic acids is 1. The Bertz CT molecular complexity index is 354. The largest absolute Gasteiger partial charge is 0.497 e. The molecule has 5 heteroatoms. The summed E-state index contributed by atoms with van der Waals surface area (Å²) in [5.41, 5.74) is 0.539. The molecule has 88 valence electrons. The van der Waals surface area contributed by atoms with Crippen molar-refractivity contribution in [2.24, 2.45) is 0 Å². The Kier molecular flexibility index (Phi) is 5.08. The highest BCUT2D eigenvalue weighted by molar-refractivity contribution is 6.17. The first-order valence-corrected chi connectivity index (χ1v) is 5.26. The Morgan fingerprint density at radius 2 is 2.31 bits per heavy atom. The number of methoxy groups -OCH3 is 1. The van der Waals surface area contributed by atoms with Gasteiger partial charge in [0.2, 0.25) is 0 Å². The minimum atomic E-state index is -1.04. The number of rotatable bonds is 6. The number of carboxylic acid groups (broad SMARTS) is 1. The number of carbonyl (C=O) groups is 1. The summed E-state index contributed by atoms with van der Waals surface area (Å²) in [4.78, 5) is 11.0. The van der Waals surface area contributed by atoms with Gasteiger partial charge < -0.3 is 14.6 Å². The Balaban J connectivity index is 2.87. The molecule has 4 nitrogen and oxygen atoms in total. The van der Waals surface area contributed by atoms with Crippen LogP contribution in [0.1, 0.15) is 11.7 Å². The van der Waals surface area contributed by atoms with Gasteiger partial charge in [0.05, 0.1) is 13.7 Å². The molecule has 0 heterocycles. The number of halogens is 1. The second-order valence-electron chi connectivity index (χ2n) is 3.05. The van der Waals surface area contributed by atoms with Crippen molar-refractivity contribution in [1.82, 2.24) is 0 Å². The number of hydrogen-bond donors (Lipinski definition) is 1. The zero-order valence-electron chi connectivity index (χ0n) is 8.85. The molecule has 0 fully saturated rings. The number of ether oxygens (including phenoxy) is 2. The molecule has 0 spiro atoms. The normalized spacial score (nSPS) is 12.1. The molecule has 1 N–H and O–H groups in total. The second kappa shape index (κ2) is 6.35. The first kappa shape index (κ1) is 12.8. The van der Waals surface area contributed by atoms with E-state index in [4.69, 9.17) is 26.2 Å². The third-order valence-electron chi connectivity index (χ3n) is 1.98. The van der Waals surface area contributed by atoms with Crippen LogP contribution >= 0.6 is 11.6 Å². The highest BCUT2D eigenvalue weighted by atomic mass is 35.5. The van der Waals surface area contributed by atoms with Crippen LogP contribution in [0.4, 0.5) is 0 Å². The van der Waals surface area contributed by atoms with Gasteiger partial charge in [0.15, 0.2) is 6.10 Å².